The van der Waals surface area contributed by atoms with Crippen molar-refractivity contribution < 1.29 is 9.53 Å². The molecule has 1 aromatic heterocycles. The number of anilines is 1. The largest absolute Gasteiger partial charge is 0.379 e. The van der Waals surface area contributed by atoms with Crippen LogP contribution in [0.3, 0.4) is 0 Å². The Morgan fingerprint density at radius 2 is 1.93 bits per heavy atom. The van der Waals surface area contributed by atoms with Crippen LogP contribution in [0.5, 0.6) is 0 Å². The molecule has 2 fully saturated rings. The fourth-order valence-corrected chi connectivity index (χ4v) is 4.81. The highest BCUT2D eigenvalue weighted by molar-refractivity contribution is 5.96. The minimum atomic E-state index is -0.0843. The summed E-state index contributed by atoms with van der Waals surface area (Å²) in [7, 11) is 0. The van der Waals surface area contributed by atoms with Gasteiger partial charge >= 0.3 is 0 Å². The van der Waals surface area contributed by atoms with Gasteiger partial charge in [0.15, 0.2) is 5.82 Å². The molecule has 3 aliphatic rings. The summed E-state index contributed by atoms with van der Waals surface area (Å²) in [5.74, 6) is 2.12. The summed E-state index contributed by atoms with van der Waals surface area (Å²) >= 11 is 0. The molecule has 3 aliphatic heterocycles. The van der Waals surface area contributed by atoms with Crippen molar-refractivity contribution in [3.05, 3.63) is 41.6 Å². The maximum Gasteiger partial charge on any atom is 0.270 e. The van der Waals surface area contributed by atoms with E-state index in [0.717, 1.165) is 75.7 Å². The predicted molar refractivity (Wildman–Crippen MR) is 116 cm³/mol. The SMILES string of the molecule is O=C1NCCc2c1nc(-c1ccccc1)nc2N1CCCC(CN2CCOCC2)C1. The number of carbonyl (C=O) groups excluding carboxylic acids is 1. The van der Waals surface area contributed by atoms with Gasteiger partial charge in [0, 0.05) is 50.4 Å². The molecule has 1 aromatic carbocycles. The lowest BCUT2D eigenvalue weighted by atomic mass is 9.96. The number of piperidine rings is 1. The Morgan fingerprint density at radius 1 is 1.10 bits per heavy atom. The molecule has 7 nitrogen and oxygen atoms in total. The van der Waals surface area contributed by atoms with Crippen LogP contribution >= 0.6 is 0 Å². The highest BCUT2D eigenvalue weighted by Gasteiger charge is 2.30. The van der Waals surface area contributed by atoms with Crippen molar-refractivity contribution in [2.75, 3.05) is 57.4 Å². The van der Waals surface area contributed by atoms with Gasteiger partial charge in [0.25, 0.3) is 5.91 Å². The van der Waals surface area contributed by atoms with Crippen LogP contribution in [0, 0.1) is 5.92 Å². The third-order valence-electron chi connectivity index (χ3n) is 6.33. The van der Waals surface area contributed by atoms with Crippen LogP contribution in [0.4, 0.5) is 5.82 Å². The molecule has 0 saturated carbocycles. The number of carbonyl (C=O) groups is 1. The molecule has 2 aromatic rings. The number of nitrogens with zero attached hydrogens (tertiary/aromatic N) is 4. The molecule has 4 heterocycles. The first-order chi connectivity index (χ1) is 14.8. The number of amides is 1. The molecule has 1 atom stereocenters. The molecular formula is C23H29N5O2. The Kier molecular flexibility index (Phi) is 5.64. The van der Waals surface area contributed by atoms with Gasteiger partial charge in [-0.3, -0.25) is 9.69 Å². The number of aromatic nitrogens is 2. The van der Waals surface area contributed by atoms with Crippen molar-refractivity contribution in [2.24, 2.45) is 5.92 Å². The number of fused-ring (bicyclic) bond motifs is 1. The fraction of sp³-hybridized carbons (Fsp3) is 0.522. The van der Waals surface area contributed by atoms with E-state index in [1.165, 1.54) is 6.42 Å². The van der Waals surface area contributed by atoms with Gasteiger partial charge in [-0.05, 0) is 25.2 Å². The lowest BCUT2D eigenvalue weighted by molar-refractivity contribution is 0.0296. The second-order valence-electron chi connectivity index (χ2n) is 8.44. The Bertz CT molecular complexity index is 898. The molecule has 1 unspecified atom stereocenters. The molecule has 5 rings (SSSR count). The molecule has 0 aliphatic carbocycles. The maximum atomic E-state index is 12.6. The molecule has 0 bridgehead atoms. The average Bonchev–Trinajstić information content (AvgIpc) is 2.80. The number of rotatable bonds is 4. The summed E-state index contributed by atoms with van der Waals surface area (Å²) in [6.45, 7) is 7.46. The quantitative estimate of drug-likeness (QED) is 0.836. The zero-order valence-corrected chi connectivity index (χ0v) is 17.3. The lowest BCUT2D eigenvalue weighted by Gasteiger charge is -2.38. The Hall–Kier alpha value is -2.51. The molecule has 158 valence electrons. The minimum Gasteiger partial charge on any atom is -0.379 e. The van der Waals surface area contributed by atoms with E-state index < -0.39 is 0 Å². The molecule has 1 amide bonds. The van der Waals surface area contributed by atoms with E-state index in [9.17, 15) is 4.79 Å². The zero-order chi connectivity index (χ0) is 20.3. The summed E-state index contributed by atoms with van der Waals surface area (Å²) in [4.78, 5) is 27.2. The molecule has 0 radical (unpaired) electrons. The van der Waals surface area contributed by atoms with Gasteiger partial charge < -0.3 is 15.0 Å². The molecule has 2 saturated heterocycles. The van der Waals surface area contributed by atoms with Gasteiger partial charge in [0.2, 0.25) is 0 Å². The van der Waals surface area contributed by atoms with Gasteiger partial charge in [-0.25, -0.2) is 9.97 Å². The highest BCUT2D eigenvalue weighted by Crippen LogP contribution is 2.31. The van der Waals surface area contributed by atoms with E-state index in [1.54, 1.807) is 0 Å². The summed E-state index contributed by atoms with van der Waals surface area (Å²) in [6, 6.07) is 9.96. The van der Waals surface area contributed by atoms with Gasteiger partial charge in [0.1, 0.15) is 11.5 Å². The van der Waals surface area contributed by atoms with Crippen molar-refractivity contribution in [2.45, 2.75) is 19.3 Å². The molecule has 30 heavy (non-hydrogen) atoms. The summed E-state index contributed by atoms with van der Waals surface area (Å²) in [5, 5.41) is 2.94. The van der Waals surface area contributed by atoms with Gasteiger partial charge in [-0.1, -0.05) is 30.3 Å². The third-order valence-corrected chi connectivity index (χ3v) is 6.33. The van der Waals surface area contributed by atoms with Crippen molar-refractivity contribution >= 4 is 11.7 Å². The van der Waals surface area contributed by atoms with Crippen molar-refractivity contribution in [1.29, 1.82) is 0 Å². The van der Waals surface area contributed by atoms with E-state index in [-0.39, 0.29) is 5.91 Å². The first-order valence-corrected chi connectivity index (χ1v) is 11.1. The first kappa shape index (κ1) is 19.5. The number of hydrogen-bond donors (Lipinski definition) is 1. The monoisotopic (exact) mass is 407 g/mol. The van der Waals surface area contributed by atoms with Crippen molar-refractivity contribution in [3.63, 3.8) is 0 Å². The van der Waals surface area contributed by atoms with Crippen molar-refractivity contribution in [1.82, 2.24) is 20.2 Å². The molecule has 1 N–H and O–H groups in total. The predicted octanol–water partition coefficient (Wildman–Crippen LogP) is 1.98. The third kappa shape index (κ3) is 4.04. The number of morpholine rings is 1. The van der Waals surface area contributed by atoms with Gasteiger partial charge in [-0.2, -0.15) is 0 Å². The van der Waals surface area contributed by atoms with Crippen LogP contribution in [-0.4, -0.2) is 73.3 Å². The van der Waals surface area contributed by atoms with Crippen molar-refractivity contribution in [3.8, 4) is 11.4 Å². The second-order valence-corrected chi connectivity index (χ2v) is 8.44. The van der Waals surface area contributed by atoms with Crippen LogP contribution in [0.1, 0.15) is 28.9 Å². The van der Waals surface area contributed by atoms with Gasteiger partial charge in [0.05, 0.1) is 13.2 Å². The summed E-state index contributed by atoms with van der Waals surface area (Å²) < 4.78 is 5.50. The number of ether oxygens (including phenoxy) is 1. The summed E-state index contributed by atoms with van der Waals surface area (Å²) in [6.07, 6.45) is 3.18. The molecular weight excluding hydrogens is 378 g/mol. The van der Waals surface area contributed by atoms with E-state index in [4.69, 9.17) is 9.72 Å². The maximum absolute atomic E-state index is 12.6. The number of hydrogen-bond acceptors (Lipinski definition) is 6. The smallest absolute Gasteiger partial charge is 0.270 e. The fourth-order valence-electron chi connectivity index (χ4n) is 4.81. The highest BCUT2D eigenvalue weighted by atomic mass is 16.5. The lowest BCUT2D eigenvalue weighted by Crippen LogP contribution is -2.45. The van der Waals surface area contributed by atoms with E-state index in [0.29, 0.717) is 24.0 Å². The number of nitrogens with one attached hydrogen (secondary N) is 1. The van der Waals surface area contributed by atoms with Gasteiger partial charge in [-0.15, -0.1) is 0 Å². The zero-order valence-electron chi connectivity index (χ0n) is 17.3. The Morgan fingerprint density at radius 3 is 2.77 bits per heavy atom. The Balaban J connectivity index is 1.45. The molecule has 7 heteroatoms. The second kappa shape index (κ2) is 8.70. The average molecular weight is 408 g/mol. The van der Waals surface area contributed by atoms with Crippen LogP contribution < -0.4 is 10.2 Å². The van der Waals surface area contributed by atoms with Crippen LogP contribution in [0.15, 0.2) is 30.3 Å². The Labute approximate surface area is 177 Å². The minimum absolute atomic E-state index is 0.0843. The van der Waals surface area contributed by atoms with E-state index in [2.05, 4.69) is 20.1 Å². The molecule has 0 spiro atoms. The topological polar surface area (TPSA) is 70.6 Å². The van der Waals surface area contributed by atoms with Crippen LogP contribution in [0.25, 0.3) is 11.4 Å². The van der Waals surface area contributed by atoms with E-state index in [1.807, 2.05) is 30.3 Å². The van der Waals surface area contributed by atoms with Crippen LogP contribution in [-0.2, 0) is 11.2 Å². The number of benzene rings is 1. The standard InChI is InChI=1S/C23H29N5O2/c29-23-20-19(8-9-24-23)22(26-21(25-20)18-6-2-1-3-7-18)28-10-4-5-17(16-28)15-27-11-13-30-14-12-27/h1-3,6-7,17H,4-5,8-16H2,(H,24,29). The van der Waals surface area contributed by atoms with Crippen LogP contribution in [0.2, 0.25) is 0 Å². The first-order valence-electron chi connectivity index (χ1n) is 11.1. The normalized spacial score (nSPS) is 22.5. The van der Waals surface area contributed by atoms with E-state index >= 15 is 0 Å². The summed E-state index contributed by atoms with van der Waals surface area (Å²) in [5.41, 5.74) is 2.49.